The summed E-state index contributed by atoms with van der Waals surface area (Å²) in [4.78, 5) is 28.0. The van der Waals surface area contributed by atoms with Crippen LogP contribution in [0.1, 0.15) is 25.0 Å². The van der Waals surface area contributed by atoms with Gasteiger partial charge in [-0.1, -0.05) is 43.0 Å². The van der Waals surface area contributed by atoms with Crippen LogP contribution in [0.5, 0.6) is 11.5 Å². The van der Waals surface area contributed by atoms with Crippen LogP contribution in [0.25, 0.3) is 0 Å². The number of nitrogens with one attached hydrogen (secondary N) is 1. The number of para-hydroxylation sites is 1. The molecule has 3 aromatic heterocycles. The first-order chi connectivity index (χ1) is 17.7. The first-order valence-electron chi connectivity index (χ1n) is 11.9. The maximum Gasteiger partial charge on any atom is 0.188 e. The van der Waals surface area contributed by atoms with Gasteiger partial charge in [-0.15, -0.1) is 36.2 Å². The summed E-state index contributed by atoms with van der Waals surface area (Å²) in [7, 11) is 0. The molecule has 0 saturated carbocycles. The number of hydrogen-bond donors (Lipinski definition) is 1. The third-order valence-electron chi connectivity index (χ3n) is 6.11. The van der Waals surface area contributed by atoms with Crippen molar-refractivity contribution in [1.29, 1.82) is 0 Å². The Kier molecular flexibility index (Phi) is 11.4. The van der Waals surface area contributed by atoms with Crippen LogP contribution in [0.3, 0.4) is 0 Å². The Morgan fingerprint density at radius 3 is 2.71 bits per heavy atom. The van der Waals surface area contributed by atoms with E-state index in [-0.39, 0.29) is 24.8 Å². The molecular formula is C27H29Cl2N5O2S2. The van der Waals surface area contributed by atoms with Crippen LogP contribution < -0.4 is 10.1 Å². The molecule has 0 amide bonds. The first kappa shape index (κ1) is 29.9. The van der Waals surface area contributed by atoms with Gasteiger partial charge in [0.1, 0.15) is 17.1 Å². The van der Waals surface area contributed by atoms with Crippen molar-refractivity contribution >= 4 is 65.1 Å². The average Bonchev–Trinajstić information content (AvgIpc) is 3.35. The number of aldehydes is 1. The molecule has 38 heavy (non-hydrogen) atoms. The van der Waals surface area contributed by atoms with E-state index >= 15 is 0 Å². The molecule has 2 unspecified atom stereocenters. The van der Waals surface area contributed by atoms with Crippen LogP contribution in [0, 0.1) is 5.92 Å². The van der Waals surface area contributed by atoms with Gasteiger partial charge in [0, 0.05) is 41.2 Å². The zero-order valence-electron chi connectivity index (χ0n) is 20.7. The summed E-state index contributed by atoms with van der Waals surface area (Å²) in [6.45, 7) is 4.57. The molecule has 11 heteroatoms. The van der Waals surface area contributed by atoms with Crippen molar-refractivity contribution in [2.75, 3.05) is 25.0 Å². The van der Waals surface area contributed by atoms with Gasteiger partial charge < -0.3 is 14.8 Å². The Labute approximate surface area is 243 Å². The summed E-state index contributed by atoms with van der Waals surface area (Å²) in [5.41, 5.74) is 1.09. The van der Waals surface area contributed by atoms with Gasteiger partial charge >= 0.3 is 0 Å². The van der Waals surface area contributed by atoms with Crippen molar-refractivity contribution in [2.24, 2.45) is 5.92 Å². The second kappa shape index (κ2) is 14.5. The molecule has 1 aliphatic rings. The smallest absolute Gasteiger partial charge is 0.188 e. The SMILES string of the molecule is CC1CN(CC=O)CCC1c1csc(Nc2ncc(Sc3ccccn3)cc2Oc2ccccc2)n1.Cl.Cl. The lowest BCUT2D eigenvalue weighted by Crippen LogP contribution is -2.39. The fourth-order valence-corrected chi connectivity index (χ4v) is 5.90. The second-order valence-electron chi connectivity index (χ2n) is 8.70. The fraction of sp³-hybridized carbons (Fsp3) is 0.259. The largest absolute Gasteiger partial charge is 0.453 e. The van der Waals surface area contributed by atoms with Crippen LogP contribution in [-0.4, -0.2) is 45.8 Å². The highest BCUT2D eigenvalue weighted by Gasteiger charge is 2.29. The zero-order chi connectivity index (χ0) is 24.7. The van der Waals surface area contributed by atoms with E-state index in [1.54, 1.807) is 17.5 Å². The van der Waals surface area contributed by atoms with E-state index < -0.39 is 0 Å². The number of anilines is 2. The Bertz CT molecular complexity index is 1300. The Morgan fingerprint density at radius 2 is 1.97 bits per heavy atom. The summed E-state index contributed by atoms with van der Waals surface area (Å²) in [6.07, 6.45) is 5.58. The van der Waals surface area contributed by atoms with Gasteiger partial charge in [0.15, 0.2) is 16.7 Å². The third-order valence-corrected chi connectivity index (χ3v) is 7.79. The van der Waals surface area contributed by atoms with Crippen molar-refractivity contribution in [1.82, 2.24) is 19.9 Å². The maximum atomic E-state index is 10.9. The molecule has 0 radical (unpaired) electrons. The van der Waals surface area contributed by atoms with Crippen LogP contribution in [-0.2, 0) is 4.79 Å². The lowest BCUT2D eigenvalue weighted by Gasteiger charge is -2.35. The Morgan fingerprint density at radius 1 is 1.16 bits per heavy atom. The van der Waals surface area contributed by atoms with Crippen molar-refractivity contribution in [2.45, 2.75) is 29.2 Å². The van der Waals surface area contributed by atoms with Crippen LogP contribution in [0.2, 0.25) is 0 Å². The molecule has 1 aromatic carbocycles. The second-order valence-corrected chi connectivity index (χ2v) is 10.7. The van der Waals surface area contributed by atoms with Crippen LogP contribution >= 0.6 is 47.9 Å². The molecule has 1 saturated heterocycles. The zero-order valence-corrected chi connectivity index (χ0v) is 24.0. The van der Waals surface area contributed by atoms with Crippen LogP contribution in [0.4, 0.5) is 10.9 Å². The average molecular weight is 591 g/mol. The minimum atomic E-state index is 0. The molecule has 1 aliphatic heterocycles. The summed E-state index contributed by atoms with van der Waals surface area (Å²) in [6, 6.07) is 17.5. The number of piperidine rings is 1. The van der Waals surface area contributed by atoms with Crippen LogP contribution in [0.15, 0.2) is 82.3 Å². The molecule has 200 valence electrons. The van der Waals surface area contributed by atoms with E-state index in [0.29, 0.717) is 29.9 Å². The summed E-state index contributed by atoms with van der Waals surface area (Å²) in [5, 5.41) is 7.18. The van der Waals surface area contributed by atoms with Gasteiger partial charge in [0.25, 0.3) is 0 Å². The Balaban J connectivity index is 0.00000200. The number of thiazole rings is 1. The van der Waals surface area contributed by atoms with E-state index in [2.05, 4.69) is 32.5 Å². The van der Waals surface area contributed by atoms with E-state index in [4.69, 9.17) is 9.72 Å². The highest BCUT2D eigenvalue weighted by Crippen LogP contribution is 2.38. The standard InChI is InChI=1S/C27H27N5O2S2.2ClH/c1-19-17-32(13-14-33)12-10-22(19)23-18-35-27(30-23)31-26-24(34-20-7-3-2-4-8-20)15-21(16-29-26)36-25-9-5-6-11-28-25;;/h2-9,11,14-16,18-19,22H,10,12-13,17H2,1H3,(H,29,30,31);2*1H. The first-order valence-corrected chi connectivity index (χ1v) is 13.6. The molecule has 0 spiro atoms. The third kappa shape index (κ3) is 7.68. The van der Waals surface area contributed by atoms with Gasteiger partial charge in [-0.05, 0) is 43.1 Å². The highest BCUT2D eigenvalue weighted by atomic mass is 35.5. The predicted octanol–water partition coefficient (Wildman–Crippen LogP) is 7.09. The van der Waals surface area contributed by atoms with E-state index in [9.17, 15) is 4.79 Å². The normalized spacial score (nSPS) is 17.1. The van der Waals surface area contributed by atoms with Gasteiger partial charge in [-0.2, -0.15) is 0 Å². The highest BCUT2D eigenvalue weighted by molar-refractivity contribution is 7.99. The molecule has 2 atom stereocenters. The number of nitrogens with zero attached hydrogens (tertiary/aromatic N) is 4. The summed E-state index contributed by atoms with van der Waals surface area (Å²) >= 11 is 3.10. The monoisotopic (exact) mass is 589 g/mol. The number of hydrogen-bond acceptors (Lipinski definition) is 9. The molecule has 1 N–H and O–H groups in total. The Hall–Kier alpha value is -2.69. The van der Waals surface area contributed by atoms with Gasteiger partial charge in [-0.25, -0.2) is 15.0 Å². The number of aromatic nitrogens is 3. The van der Waals surface area contributed by atoms with E-state index in [1.165, 1.54) is 11.8 Å². The number of pyridine rings is 2. The number of likely N-dealkylation sites (tertiary alicyclic amines) is 1. The van der Waals surface area contributed by atoms with Crippen molar-refractivity contribution in [3.8, 4) is 11.5 Å². The summed E-state index contributed by atoms with van der Waals surface area (Å²) in [5.74, 6) is 2.78. The van der Waals surface area contributed by atoms with E-state index in [0.717, 1.165) is 52.3 Å². The molecule has 4 aromatic rings. The molecule has 1 fully saturated rings. The lowest BCUT2D eigenvalue weighted by atomic mass is 9.85. The number of benzene rings is 1. The lowest BCUT2D eigenvalue weighted by molar-refractivity contribution is -0.109. The number of ether oxygens (including phenoxy) is 1. The van der Waals surface area contributed by atoms with E-state index in [1.807, 2.05) is 60.8 Å². The van der Waals surface area contributed by atoms with Gasteiger partial charge in [-0.3, -0.25) is 4.90 Å². The number of halogens is 2. The molecule has 7 nitrogen and oxygen atoms in total. The molecular weight excluding hydrogens is 561 g/mol. The number of carbonyl (C=O) groups is 1. The predicted molar refractivity (Wildman–Crippen MR) is 158 cm³/mol. The number of carbonyl (C=O) groups excluding carboxylic acids is 1. The summed E-state index contributed by atoms with van der Waals surface area (Å²) < 4.78 is 6.22. The van der Waals surface area contributed by atoms with Crippen molar-refractivity contribution in [3.63, 3.8) is 0 Å². The van der Waals surface area contributed by atoms with Crippen molar-refractivity contribution in [3.05, 3.63) is 78.1 Å². The molecule has 0 bridgehead atoms. The fourth-order valence-electron chi connectivity index (χ4n) is 4.36. The quantitative estimate of drug-likeness (QED) is 0.207. The minimum absolute atomic E-state index is 0. The molecule has 0 aliphatic carbocycles. The molecule has 5 rings (SSSR count). The maximum absolute atomic E-state index is 10.9. The topological polar surface area (TPSA) is 80.2 Å². The number of rotatable bonds is 9. The van der Waals surface area contributed by atoms with Gasteiger partial charge in [0.05, 0.1) is 12.2 Å². The van der Waals surface area contributed by atoms with Gasteiger partial charge in [0.2, 0.25) is 0 Å². The van der Waals surface area contributed by atoms with Crippen molar-refractivity contribution < 1.29 is 9.53 Å². The molecule has 4 heterocycles. The minimum Gasteiger partial charge on any atom is -0.453 e.